The number of carboxylic acid groups (broad SMARTS) is 1. The summed E-state index contributed by atoms with van der Waals surface area (Å²) >= 11 is -0.874. The number of rotatable bonds is 8. The van der Waals surface area contributed by atoms with Crippen molar-refractivity contribution >= 4 is 45.2 Å². The summed E-state index contributed by atoms with van der Waals surface area (Å²) in [5.41, 5.74) is 6.75. The number of nitrogens with zero attached hydrogens (tertiary/aromatic N) is 1. The van der Waals surface area contributed by atoms with E-state index < -0.39 is 17.2 Å². The Labute approximate surface area is 227 Å². The Balaban J connectivity index is 1.54. The highest BCUT2D eigenvalue weighted by Gasteiger charge is 2.22. The van der Waals surface area contributed by atoms with Gasteiger partial charge < -0.3 is 18.4 Å². The number of hydrogen-bond acceptors (Lipinski definition) is 5. The molecule has 38 heavy (non-hydrogen) atoms. The summed E-state index contributed by atoms with van der Waals surface area (Å²) in [6, 6.07) is 23.5. The highest BCUT2D eigenvalue weighted by Crippen LogP contribution is 2.34. The van der Waals surface area contributed by atoms with Crippen molar-refractivity contribution in [3.8, 4) is 10.4 Å². The molecule has 0 saturated heterocycles. The van der Waals surface area contributed by atoms with Crippen molar-refractivity contribution in [3.63, 3.8) is 0 Å². The van der Waals surface area contributed by atoms with Gasteiger partial charge in [-0.3, -0.25) is 4.21 Å². The predicted octanol–water partition coefficient (Wildman–Crippen LogP) is 7.22. The number of thiophene rings is 1. The maximum absolute atomic E-state index is 12.5. The molecule has 5 aromatic rings. The smallest absolute Gasteiger partial charge is 0.372 e. The molecular formula is C30H26NO5S2-. The molecule has 2 atom stereocenters. The lowest BCUT2D eigenvalue weighted by Gasteiger charge is -2.31. The van der Waals surface area contributed by atoms with Gasteiger partial charge in [0.05, 0.1) is 0 Å². The molecule has 2 heterocycles. The zero-order chi connectivity index (χ0) is 27.0. The zero-order valence-corrected chi connectivity index (χ0v) is 22.8. The molecule has 3 aromatic carbocycles. The minimum absolute atomic E-state index is 0.148. The molecule has 0 bridgehead atoms. The minimum Gasteiger partial charge on any atom is -0.755 e. The van der Waals surface area contributed by atoms with Crippen LogP contribution in [0.5, 0.6) is 0 Å². The third-order valence-corrected chi connectivity index (χ3v) is 8.56. The Bertz CT molecular complexity index is 1630. The fraction of sp³-hybridized carbons (Fsp3) is 0.167. The Kier molecular flexibility index (Phi) is 7.21. The lowest BCUT2D eigenvalue weighted by molar-refractivity contribution is 0.0664. The molecule has 0 aliphatic heterocycles. The third kappa shape index (κ3) is 5.15. The summed E-state index contributed by atoms with van der Waals surface area (Å²) < 4.78 is 31.9. The lowest BCUT2D eigenvalue weighted by atomic mass is 9.90. The van der Waals surface area contributed by atoms with Gasteiger partial charge in [-0.05, 0) is 72.7 Å². The molecule has 0 aliphatic rings. The van der Waals surface area contributed by atoms with Crippen molar-refractivity contribution in [2.24, 2.45) is 0 Å². The Morgan fingerprint density at radius 2 is 1.63 bits per heavy atom. The molecule has 5 rings (SSSR count). The average molecular weight is 545 g/mol. The van der Waals surface area contributed by atoms with Crippen LogP contribution in [0.25, 0.3) is 21.4 Å². The van der Waals surface area contributed by atoms with Crippen molar-refractivity contribution in [2.45, 2.75) is 26.7 Å². The molecule has 0 fully saturated rings. The number of aromatic carboxylic acids is 1. The molecule has 1 N–H and O–H groups in total. The minimum atomic E-state index is -2.57. The van der Waals surface area contributed by atoms with E-state index in [4.69, 9.17) is 4.42 Å². The zero-order valence-electron chi connectivity index (χ0n) is 21.1. The van der Waals surface area contributed by atoms with Gasteiger partial charge in [-0.25, -0.2) is 4.79 Å². The number of fused-ring (bicyclic) bond motifs is 1. The SMILES string of the molecule is Cc1ccc(C(CN(c2ccc3oc(C(=O)O)c(C)c3c2)S(=O)[O-])c2ccc(-c3cc(C)cs3)cc2)cc1. The lowest BCUT2D eigenvalue weighted by Crippen LogP contribution is -2.31. The van der Waals surface area contributed by atoms with Crippen molar-refractivity contribution in [1.82, 2.24) is 0 Å². The molecule has 194 valence electrons. The maximum Gasteiger partial charge on any atom is 0.372 e. The third-order valence-electron chi connectivity index (χ3n) is 6.74. The van der Waals surface area contributed by atoms with Crippen molar-refractivity contribution in [2.75, 3.05) is 10.8 Å². The van der Waals surface area contributed by atoms with Crippen LogP contribution in [-0.4, -0.2) is 26.4 Å². The van der Waals surface area contributed by atoms with Crippen LogP contribution < -0.4 is 4.31 Å². The van der Waals surface area contributed by atoms with Crippen molar-refractivity contribution < 1.29 is 23.1 Å². The molecule has 0 spiro atoms. The van der Waals surface area contributed by atoms with E-state index in [0.29, 0.717) is 22.2 Å². The summed E-state index contributed by atoms with van der Waals surface area (Å²) in [5, 5.41) is 12.1. The fourth-order valence-electron chi connectivity index (χ4n) is 4.65. The number of carboxylic acids is 1. The van der Waals surface area contributed by atoms with Gasteiger partial charge >= 0.3 is 5.97 Å². The van der Waals surface area contributed by atoms with E-state index in [1.165, 1.54) is 14.7 Å². The largest absolute Gasteiger partial charge is 0.755 e. The number of anilines is 1. The van der Waals surface area contributed by atoms with Crippen LogP contribution >= 0.6 is 11.3 Å². The first kappa shape index (κ1) is 25.9. The molecule has 0 amide bonds. The highest BCUT2D eigenvalue weighted by molar-refractivity contribution is 7.80. The molecule has 0 radical (unpaired) electrons. The number of hydrogen-bond donors (Lipinski definition) is 1. The van der Waals surface area contributed by atoms with Crippen LogP contribution in [0.4, 0.5) is 5.69 Å². The predicted molar refractivity (Wildman–Crippen MR) is 152 cm³/mol. The van der Waals surface area contributed by atoms with E-state index in [-0.39, 0.29) is 18.2 Å². The molecule has 0 aliphatic carbocycles. The number of furan rings is 1. The first-order valence-electron chi connectivity index (χ1n) is 12.1. The molecule has 8 heteroatoms. The van der Waals surface area contributed by atoms with E-state index >= 15 is 0 Å². The van der Waals surface area contributed by atoms with Gasteiger partial charge in [0, 0.05) is 45.2 Å². The Morgan fingerprint density at radius 1 is 0.974 bits per heavy atom. The normalized spacial score (nSPS) is 12.9. The average Bonchev–Trinajstić information content (AvgIpc) is 3.48. The van der Waals surface area contributed by atoms with Crippen molar-refractivity contribution in [1.29, 1.82) is 0 Å². The first-order valence-corrected chi connectivity index (χ1v) is 14.0. The summed E-state index contributed by atoms with van der Waals surface area (Å²) in [5.74, 6) is -1.54. The second-order valence-electron chi connectivity index (χ2n) is 9.39. The highest BCUT2D eigenvalue weighted by atomic mass is 32.2. The topological polar surface area (TPSA) is 93.8 Å². The van der Waals surface area contributed by atoms with Crippen LogP contribution in [-0.2, 0) is 11.3 Å². The quantitative estimate of drug-likeness (QED) is 0.208. The summed E-state index contributed by atoms with van der Waals surface area (Å²) in [7, 11) is 0. The standard InChI is InChI=1S/C30H27NO5S2/c1-18-4-6-21(7-5-18)26(22-8-10-23(11-9-22)28-14-19(2)17-37-28)16-31(38(34)35)24-12-13-27-25(15-24)20(3)29(36-27)30(32)33/h4-15,17,26H,16H2,1-3H3,(H,32,33)(H,34,35)/p-1. The fourth-order valence-corrected chi connectivity index (χ4v) is 6.11. The van der Waals surface area contributed by atoms with Crippen LogP contribution in [0.15, 0.2) is 82.6 Å². The maximum atomic E-state index is 12.5. The Morgan fingerprint density at radius 3 is 2.21 bits per heavy atom. The summed E-state index contributed by atoms with van der Waals surface area (Å²) in [6.07, 6.45) is 0. The summed E-state index contributed by atoms with van der Waals surface area (Å²) in [6.45, 7) is 5.92. The van der Waals surface area contributed by atoms with Crippen LogP contribution in [0.1, 0.15) is 44.3 Å². The van der Waals surface area contributed by atoms with Gasteiger partial charge in [0.25, 0.3) is 0 Å². The van der Waals surface area contributed by atoms with Crippen LogP contribution in [0.2, 0.25) is 0 Å². The van der Waals surface area contributed by atoms with E-state index in [9.17, 15) is 18.7 Å². The molecule has 2 unspecified atom stereocenters. The van der Waals surface area contributed by atoms with Gasteiger partial charge in [0.2, 0.25) is 5.76 Å². The number of carbonyl (C=O) groups is 1. The van der Waals surface area contributed by atoms with Gasteiger partial charge in [-0.1, -0.05) is 54.1 Å². The van der Waals surface area contributed by atoms with Gasteiger partial charge in [0.15, 0.2) is 0 Å². The van der Waals surface area contributed by atoms with E-state index in [1.807, 2.05) is 31.2 Å². The van der Waals surface area contributed by atoms with Crippen molar-refractivity contribution in [3.05, 3.63) is 112 Å². The second-order valence-corrected chi connectivity index (χ2v) is 11.2. The van der Waals surface area contributed by atoms with Gasteiger partial charge in [0.1, 0.15) is 5.58 Å². The monoisotopic (exact) mass is 544 g/mol. The van der Waals surface area contributed by atoms with Gasteiger partial charge in [-0.2, -0.15) is 0 Å². The number of aryl methyl sites for hydroxylation is 3. The molecular weight excluding hydrogens is 518 g/mol. The Hall–Kier alpha value is -3.72. The van der Waals surface area contributed by atoms with E-state index in [2.05, 4.69) is 42.6 Å². The van der Waals surface area contributed by atoms with Crippen LogP contribution in [0.3, 0.4) is 0 Å². The molecule has 0 saturated carbocycles. The molecule has 2 aromatic heterocycles. The number of benzene rings is 3. The second kappa shape index (κ2) is 10.6. The van der Waals surface area contributed by atoms with E-state index in [0.717, 1.165) is 22.3 Å². The molecule has 6 nitrogen and oxygen atoms in total. The van der Waals surface area contributed by atoms with Gasteiger partial charge in [-0.15, -0.1) is 11.3 Å². The summed E-state index contributed by atoms with van der Waals surface area (Å²) in [4.78, 5) is 12.7. The first-order chi connectivity index (χ1) is 18.2. The van der Waals surface area contributed by atoms with Crippen LogP contribution in [0, 0.1) is 20.8 Å². The van der Waals surface area contributed by atoms with E-state index in [1.54, 1.807) is 36.5 Å².